The maximum Gasteiger partial charge on any atom is 0.171 e. The van der Waals surface area contributed by atoms with E-state index >= 15 is 0 Å². The number of carbonyl (C=O) groups excluding carboxylic acids is 1. The van der Waals surface area contributed by atoms with Gasteiger partial charge in [-0.25, -0.2) is 0 Å². The summed E-state index contributed by atoms with van der Waals surface area (Å²) in [5.74, 6) is -0.123. The van der Waals surface area contributed by atoms with Crippen LogP contribution in [-0.2, 0) is 4.74 Å². The van der Waals surface area contributed by atoms with E-state index in [1.807, 2.05) is 13.0 Å². The molecule has 1 aromatic rings. The number of ether oxygens (including phenoxy) is 1. The van der Waals surface area contributed by atoms with Crippen LogP contribution in [0.3, 0.4) is 0 Å². The lowest BCUT2D eigenvalue weighted by Gasteiger charge is -2.15. The molecule has 0 radical (unpaired) electrons. The smallest absolute Gasteiger partial charge is 0.171 e. The number of nitrogens with one attached hydrogen (secondary N) is 1. The van der Waals surface area contributed by atoms with Crippen LogP contribution < -0.4 is 11.1 Å². The number of thiophene rings is 1. The lowest BCUT2D eigenvalue weighted by molar-refractivity contribution is 0.102. The van der Waals surface area contributed by atoms with Crippen molar-refractivity contribution in [2.75, 3.05) is 24.8 Å². The number of methoxy groups -OCH3 is 1. The molecule has 0 saturated carbocycles. The molecule has 0 saturated heterocycles. The van der Waals surface area contributed by atoms with Crippen LogP contribution in [-0.4, -0.2) is 25.5 Å². The van der Waals surface area contributed by atoms with Crippen molar-refractivity contribution in [3.8, 4) is 6.07 Å². The average molecular weight is 267 g/mol. The molecule has 0 aliphatic heterocycles. The standard InChI is InChI=1S/C12H17N3O2S/c1-4-8(6-17-3)15-12-9(5-13)10(14)11(18-12)7(2)16/h8,15H,4,6,14H2,1-3H3. The number of hydrogen-bond donors (Lipinski definition) is 2. The second kappa shape index (κ2) is 6.38. The SMILES string of the molecule is CCC(COC)Nc1sc(C(C)=O)c(N)c1C#N. The Morgan fingerprint density at radius 1 is 1.67 bits per heavy atom. The zero-order valence-corrected chi connectivity index (χ0v) is 11.6. The Bertz CT molecular complexity index is 476. The van der Waals surface area contributed by atoms with Crippen LogP contribution in [0.15, 0.2) is 0 Å². The van der Waals surface area contributed by atoms with Crippen LogP contribution in [0.4, 0.5) is 10.7 Å². The summed E-state index contributed by atoms with van der Waals surface area (Å²) >= 11 is 1.22. The van der Waals surface area contributed by atoms with E-state index in [1.54, 1.807) is 7.11 Å². The van der Waals surface area contributed by atoms with E-state index in [9.17, 15) is 4.79 Å². The number of nitriles is 1. The molecule has 3 N–H and O–H groups in total. The van der Waals surface area contributed by atoms with E-state index < -0.39 is 0 Å². The minimum Gasteiger partial charge on any atom is -0.396 e. The summed E-state index contributed by atoms with van der Waals surface area (Å²) in [5.41, 5.74) is 6.42. The van der Waals surface area contributed by atoms with Crippen molar-refractivity contribution >= 4 is 27.8 Å². The van der Waals surface area contributed by atoms with E-state index in [2.05, 4.69) is 5.32 Å². The number of Topliss-reactive ketones (excluding diaryl/α,β-unsaturated/α-hetero) is 1. The number of hydrogen-bond acceptors (Lipinski definition) is 6. The average Bonchev–Trinajstić information content (AvgIpc) is 2.65. The Balaban J connectivity index is 3.05. The zero-order valence-electron chi connectivity index (χ0n) is 10.7. The van der Waals surface area contributed by atoms with Gasteiger partial charge in [-0.15, -0.1) is 11.3 Å². The van der Waals surface area contributed by atoms with Crippen molar-refractivity contribution in [3.05, 3.63) is 10.4 Å². The summed E-state index contributed by atoms with van der Waals surface area (Å²) in [6.45, 7) is 4.00. The molecule has 0 aliphatic carbocycles. The Kier molecular flexibility index (Phi) is 5.13. The van der Waals surface area contributed by atoms with Gasteiger partial charge in [-0.1, -0.05) is 6.92 Å². The highest BCUT2D eigenvalue weighted by Gasteiger charge is 2.20. The van der Waals surface area contributed by atoms with Gasteiger partial charge in [0.25, 0.3) is 0 Å². The maximum atomic E-state index is 11.4. The van der Waals surface area contributed by atoms with Crippen LogP contribution in [0.5, 0.6) is 0 Å². The molecule has 1 aromatic heterocycles. The van der Waals surface area contributed by atoms with Gasteiger partial charge in [0.1, 0.15) is 16.6 Å². The Morgan fingerprint density at radius 3 is 2.78 bits per heavy atom. The summed E-state index contributed by atoms with van der Waals surface area (Å²) in [6, 6.07) is 2.14. The minimum atomic E-state index is -0.123. The molecule has 0 amide bonds. The summed E-state index contributed by atoms with van der Waals surface area (Å²) in [6.07, 6.45) is 0.853. The Labute approximate surface area is 111 Å². The predicted molar refractivity (Wildman–Crippen MR) is 73.0 cm³/mol. The van der Waals surface area contributed by atoms with Crippen LogP contribution in [0, 0.1) is 11.3 Å². The van der Waals surface area contributed by atoms with Gasteiger partial charge in [0.2, 0.25) is 0 Å². The van der Waals surface area contributed by atoms with Crippen LogP contribution in [0.2, 0.25) is 0 Å². The van der Waals surface area contributed by atoms with Crippen molar-refractivity contribution in [3.63, 3.8) is 0 Å². The minimum absolute atomic E-state index is 0.0972. The molecule has 1 heterocycles. The third-order valence-electron chi connectivity index (χ3n) is 2.57. The third-order valence-corrected chi connectivity index (χ3v) is 3.81. The predicted octanol–water partition coefficient (Wildman–Crippen LogP) is 2.24. The number of anilines is 2. The van der Waals surface area contributed by atoms with Gasteiger partial charge in [0.15, 0.2) is 5.78 Å². The van der Waals surface area contributed by atoms with Crippen LogP contribution >= 0.6 is 11.3 Å². The van der Waals surface area contributed by atoms with E-state index in [0.717, 1.165) is 6.42 Å². The van der Waals surface area contributed by atoms with Crippen molar-refractivity contribution in [2.45, 2.75) is 26.3 Å². The van der Waals surface area contributed by atoms with Gasteiger partial charge in [-0.05, 0) is 6.42 Å². The van der Waals surface area contributed by atoms with Crippen molar-refractivity contribution in [2.24, 2.45) is 0 Å². The van der Waals surface area contributed by atoms with Gasteiger partial charge >= 0.3 is 0 Å². The number of nitrogens with two attached hydrogens (primary N) is 1. The van der Waals surface area contributed by atoms with Crippen LogP contribution in [0.1, 0.15) is 35.5 Å². The molecule has 0 aromatic carbocycles. The highest BCUT2D eigenvalue weighted by Crippen LogP contribution is 2.35. The van der Waals surface area contributed by atoms with E-state index in [4.69, 9.17) is 15.7 Å². The van der Waals surface area contributed by atoms with Gasteiger partial charge in [0, 0.05) is 20.1 Å². The normalized spacial score (nSPS) is 11.9. The molecular formula is C12H17N3O2S. The quantitative estimate of drug-likeness (QED) is 0.772. The van der Waals surface area contributed by atoms with Gasteiger partial charge < -0.3 is 15.8 Å². The lowest BCUT2D eigenvalue weighted by Crippen LogP contribution is -2.23. The molecule has 0 spiro atoms. The van der Waals surface area contributed by atoms with Crippen molar-refractivity contribution in [1.82, 2.24) is 0 Å². The van der Waals surface area contributed by atoms with E-state index in [1.165, 1.54) is 18.3 Å². The lowest BCUT2D eigenvalue weighted by atomic mass is 10.2. The summed E-state index contributed by atoms with van der Waals surface area (Å²) in [5, 5.41) is 13.0. The molecule has 6 heteroatoms. The number of carbonyl (C=O) groups is 1. The van der Waals surface area contributed by atoms with Crippen molar-refractivity contribution < 1.29 is 9.53 Å². The van der Waals surface area contributed by atoms with Gasteiger partial charge in [0.05, 0.1) is 17.2 Å². The fourth-order valence-electron chi connectivity index (χ4n) is 1.57. The van der Waals surface area contributed by atoms with Crippen LogP contribution in [0.25, 0.3) is 0 Å². The number of ketones is 1. The first-order valence-corrected chi connectivity index (χ1v) is 6.45. The fourth-order valence-corrected chi connectivity index (χ4v) is 2.61. The summed E-state index contributed by atoms with van der Waals surface area (Å²) < 4.78 is 5.09. The highest BCUT2D eigenvalue weighted by molar-refractivity contribution is 7.19. The summed E-state index contributed by atoms with van der Waals surface area (Å²) in [7, 11) is 1.62. The number of rotatable bonds is 6. The topological polar surface area (TPSA) is 88.1 Å². The molecule has 0 bridgehead atoms. The number of nitrogens with zero attached hydrogens (tertiary/aromatic N) is 1. The second-order valence-electron chi connectivity index (χ2n) is 3.92. The molecule has 18 heavy (non-hydrogen) atoms. The molecule has 5 nitrogen and oxygen atoms in total. The zero-order chi connectivity index (χ0) is 13.7. The van der Waals surface area contributed by atoms with E-state index in [0.29, 0.717) is 22.0 Å². The summed E-state index contributed by atoms with van der Waals surface area (Å²) in [4.78, 5) is 11.8. The molecule has 1 atom stereocenters. The molecule has 0 fully saturated rings. The fraction of sp³-hybridized carbons (Fsp3) is 0.500. The monoisotopic (exact) mass is 267 g/mol. The van der Waals surface area contributed by atoms with E-state index in [-0.39, 0.29) is 17.5 Å². The first-order chi connectivity index (χ1) is 8.54. The first-order valence-electron chi connectivity index (χ1n) is 5.63. The van der Waals surface area contributed by atoms with Gasteiger partial charge in [-0.2, -0.15) is 5.26 Å². The maximum absolute atomic E-state index is 11.4. The number of nitrogen functional groups attached to an aromatic ring is 1. The molecule has 0 aliphatic rings. The largest absolute Gasteiger partial charge is 0.396 e. The van der Waals surface area contributed by atoms with Gasteiger partial charge in [-0.3, -0.25) is 4.79 Å². The Morgan fingerprint density at radius 2 is 2.33 bits per heavy atom. The molecular weight excluding hydrogens is 250 g/mol. The molecule has 1 rings (SSSR count). The first kappa shape index (κ1) is 14.5. The third kappa shape index (κ3) is 3.00. The molecule has 1 unspecified atom stereocenters. The highest BCUT2D eigenvalue weighted by atomic mass is 32.1. The Hall–Kier alpha value is -1.58. The molecule has 98 valence electrons. The second-order valence-corrected chi connectivity index (χ2v) is 4.94. The van der Waals surface area contributed by atoms with Crippen molar-refractivity contribution in [1.29, 1.82) is 5.26 Å².